The molecule has 0 aromatic carbocycles. The third-order valence-corrected chi connectivity index (χ3v) is 3.47. The van der Waals surface area contributed by atoms with Crippen LogP contribution in [0.25, 0.3) is 5.65 Å². The summed E-state index contributed by atoms with van der Waals surface area (Å²) in [5, 5.41) is 12.7. The first-order valence-electron chi connectivity index (χ1n) is 6.05. The van der Waals surface area contributed by atoms with Crippen LogP contribution < -0.4 is 5.32 Å². The van der Waals surface area contributed by atoms with Crippen LogP contribution in [-0.4, -0.2) is 59.0 Å². The van der Waals surface area contributed by atoms with E-state index in [1.807, 2.05) is 28.8 Å². The Hall–Kier alpha value is -1.11. The predicted molar refractivity (Wildman–Crippen MR) is 75.1 cm³/mol. The fraction of sp³-hybridized carbons (Fsp3) is 0.500. The van der Waals surface area contributed by atoms with Gasteiger partial charge >= 0.3 is 0 Å². The Morgan fingerprint density at radius 3 is 3.00 bits per heavy atom. The number of nitrogens with one attached hydrogen (secondary N) is 1. The lowest BCUT2D eigenvalue weighted by molar-refractivity contribution is 0.403. The van der Waals surface area contributed by atoms with Crippen molar-refractivity contribution >= 4 is 17.4 Å². The van der Waals surface area contributed by atoms with Gasteiger partial charge in [0.2, 0.25) is 0 Å². The lowest BCUT2D eigenvalue weighted by Gasteiger charge is -2.09. The molecule has 0 aliphatic heterocycles. The Morgan fingerprint density at radius 2 is 2.17 bits per heavy atom. The molecule has 0 unspecified atom stereocenters. The van der Waals surface area contributed by atoms with Gasteiger partial charge in [-0.05, 0) is 26.2 Å². The Kier molecular flexibility index (Phi) is 4.98. The van der Waals surface area contributed by atoms with Crippen LogP contribution in [0.15, 0.2) is 29.6 Å². The number of rotatable bonds is 7. The molecule has 2 aromatic rings. The number of pyridine rings is 1. The van der Waals surface area contributed by atoms with Crippen molar-refractivity contribution in [2.45, 2.75) is 5.16 Å². The van der Waals surface area contributed by atoms with Crippen molar-refractivity contribution in [3.05, 3.63) is 24.4 Å². The van der Waals surface area contributed by atoms with Crippen molar-refractivity contribution < 1.29 is 0 Å². The number of fused-ring (bicyclic) bond motifs is 1. The van der Waals surface area contributed by atoms with E-state index in [1.165, 1.54) is 0 Å². The number of hydrogen-bond acceptors (Lipinski definition) is 5. The van der Waals surface area contributed by atoms with Gasteiger partial charge in [0.1, 0.15) is 0 Å². The van der Waals surface area contributed by atoms with Gasteiger partial charge in [0, 0.05) is 31.6 Å². The van der Waals surface area contributed by atoms with Crippen molar-refractivity contribution in [3.63, 3.8) is 0 Å². The normalized spacial score (nSPS) is 11.5. The maximum Gasteiger partial charge on any atom is 0.195 e. The smallest absolute Gasteiger partial charge is 0.195 e. The molecule has 0 saturated carbocycles. The van der Waals surface area contributed by atoms with Gasteiger partial charge in [-0.25, -0.2) is 0 Å². The Labute approximate surface area is 112 Å². The molecular formula is C12H19N5S. The summed E-state index contributed by atoms with van der Waals surface area (Å²) in [6, 6.07) is 5.93. The molecule has 18 heavy (non-hydrogen) atoms. The minimum atomic E-state index is 0.903. The molecule has 2 heterocycles. The lowest BCUT2D eigenvalue weighted by Crippen LogP contribution is -2.28. The van der Waals surface area contributed by atoms with Gasteiger partial charge in [-0.2, -0.15) is 0 Å². The summed E-state index contributed by atoms with van der Waals surface area (Å²) in [4.78, 5) is 2.17. The molecule has 0 aliphatic rings. The molecule has 0 radical (unpaired) electrons. The summed E-state index contributed by atoms with van der Waals surface area (Å²) >= 11 is 1.73. The van der Waals surface area contributed by atoms with Crippen LogP contribution in [0.4, 0.5) is 0 Å². The second kappa shape index (κ2) is 6.72. The van der Waals surface area contributed by atoms with Gasteiger partial charge in [-0.1, -0.05) is 17.8 Å². The monoisotopic (exact) mass is 265 g/mol. The van der Waals surface area contributed by atoms with E-state index >= 15 is 0 Å². The highest BCUT2D eigenvalue weighted by molar-refractivity contribution is 7.99. The van der Waals surface area contributed by atoms with Crippen LogP contribution in [0.2, 0.25) is 0 Å². The summed E-state index contributed by atoms with van der Waals surface area (Å²) in [5.74, 6) is 1.00. The van der Waals surface area contributed by atoms with E-state index in [0.717, 1.165) is 36.2 Å². The molecule has 5 nitrogen and oxygen atoms in total. The zero-order chi connectivity index (χ0) is 12.8. The highest BCUT2D eigenvalue weighted by Crippen LogP contribution is 2.15. The average molecular weight is 265 g/mol. The third-order valence-electron chi connectivity index (χ3n) is 2.53. The molecule has 0 amide bonds. The van der Waals surface area contributed by atoms with Gasteiger partial charge < -0.3 is 10.2 Å². The van der Waals surface area contributed by atoms with Crippen molar-refractivity contribution in [2.75, 3.05) is 39.5 Å². The van der Waals surface area contributed by atoms with E-state index in [0.29, 0.717) is 0 Å². The molecule has 0 atom stereocenters. The molecular weight excluding hydrogens is 246 g/mol. The van der Waals surface area contributed by atoms with E-state index in [-0.39, 0.29) is 0 Å². The van der Waals surface area contributed by atoms with E-state index < -0.39 is 0 Å². The number of likely N-dealkylation sites (N-methyl/N-ethyl adjacent to an activating group) is 1. The van der Waals surface area contributed by atoms with Gasteiger partial charge in [-0.3, -0.25) is 4.40 Å². The van der Waals surface area contributed by atoms with Crippen molar-refractivity contribution in [3.8, 4) is 0 Å². The number of nitrogens with zero attached hydrogens (tertiary/aromatic N) is 4. The molecule has 0 fully saturated rings. The highest BCUT2D eigenvalue weighted by atomic mass is 32.2. The van der Waals surface area contributed by atoms with Crippen molar-refractivity contribution in [1.82, 2.24) is 24.8 Å². The maximum absolute atomic E-state index is 4.18. The molecule has 0 spiro atoms. The van der Waals surface area contributed by atoms with Crippen LogP contribution in [-0.2, 0) is 0 Å². The van der Waals surface area contributed by atoms with Crippen molar-refractivity contribution in [2.24, 2.45) is 0 Å². The fourth-order valence-electron chi connectivity index (χ4n) is 1.56. The molecule has 2 rings (SSSR count). The molecule has 0 saturated heterocycles. The quantitative estimate of drug-likeness (QED) is 0.597. The van der Waals surface area contributed by atoms with Gasteiger partial charge in [0.05, 0.1) is 0 Å². The Morgan fingerprint density at radius 1 is 1.28 bits per heavy atom. The van der Waals surface area contributed by atoms with Gasteiger partial charge in [0.25, 0.3) is 0 Å². The van der Waals surface area contributed by atoms with E-state index in [2.05, 4.69) is 34.5 Å². The topological polar surface area (TPSA) is 45.5 Å². The van der Waals surface area contributed by atoms with Crippen LogP contribution in [0, 0.1) is 0 Å². The maximum atomic E-state index is 4.18. The van der Waals surface area contributed by atoms with Crippen LogP contribution >= 0.6 is 11.8 Å². The van der Waals surface area contributed by atoms with E-state index in [4.69, 9.17) is 0 Å². The zero-order valence-electron chi connectivity index (χ0n) is 10.8. The first-order valence-corrected chi connectivity index (χ1v) is 7.04. The second-order valence-electron chi connectivity index (χ2n) is 4.31. The molecule has 98 valence electrons. The summed E-state index contributed by atoms with van der Waals surface area (Å²) in [5.41, 5.74) is 0.903. The van der Waals surface area contributed by atoms with Crippen LogP contribution in [0.1, 0.15) is 0 Å². The van der Waals surface area contributed by atoms with Crippen LogP contribution in [0.3, 0.4) is 0 Å². The first-order chi connectivity index (χ1) is 8.77. The third kappa shape index (κ3) is 3.69. The van der Waals surface area contributed by atoms with E-state index in [1.54, 1.807) is 11.8 Å². The predicted octanol–water partition coefficient (Wildman–Crippen LogP) is 0.973. The fourth-order valence-corrected chi connectivity index (χ4v) is 2.38. The van der Waals surface area contributed by atoms with Crippen LogP contribution in [0.5, 0.6) is 0 Å². The lowest BCUT2D eigenvalue weighted by atomic mass is 10.5. The first kappa shape index (κ1) is 13.3. The summed E-state index contributed by atoms with van der Waals surface area (Å²) in [6.07, 6.45) is 2.00. The number of thioether (sulfide) groups is 1. The van der Waals surface area contributed by atoms with Crippen molar-refractivity contribution in [1.29, 1.82) is 0 Å². The average Bonchev–Trinajstić information content (AvgIpc) is 2.77. The molecule has 2 aromatic heterocycles. The molecule has 1 N–H and O–H groups in total. The second-order valence-corrected chi connectivity index (χ2v) is 5.38. The largest absolute Gasteiger partial charge is 0.315 e. The van der Waals surface area contributed by atoms with Gasteiger partial charge in [0.15, 0.2) is 10.8 Å². The molecule has 0 aliphatic carbocycles. The highest BCUT2D eigenvalue weighted by Gasteiger charge is 2.03. The summed E-state index contributed by atoms with van der Waals surface area (Å²) < 4.78 is 2.02. The number of hydrogen-bond donors (Lipinski definition) is 1. The van der Waals surface area contributed by atoms with E-state index in [9.17, 15) is 0 Å². The molecule has 6 heteroatoms. The molecule has 0 bridgehead atoms. The van der Waals surface area contributed by atoms with Gasteiger partial charge in [-0.15, -0.1) is 10.2 Å². The number of aromatic nitrogens is 3. The SMILES string of the molecule is CN(C)CCNCCSc1nnc2ccccn12. The Bertz CT molecular complexity index is 482. The summed E-state index contributed by atoms with van der Waals surface area (Å²) in [6.45, 7) is 3.08. The minimum Gasteiger partial charge on any atom is -0.315 e. The standard InChI is InChI=1S/C12H19N5S/c1-16(2)9-6-13-7-10-18-12-15-14-11-5-3-4-8-17(11)12/h3-5,8,13H,6-7,9-10H2,1-2H3. The Balaban J connectivity index is 1.74. The zero-order valence-corrected chi connectivity index (χ0v) is 11.7. The summed E-state index contributed by atoms with van der Waals surface area (Å²) in [7, 11) is 4.16. The minimum absolute atomic E-state index is 0.903.